The van der Waals surface area contributed by atoms with Crippen molar-refractivity contribution in [3.63, 3.8) is 0 Å². The second-order valence-electron chi connectivity index (χ2n) is 8.74. The lowest BCUT2D eigenvalue weighted by Crippen LogP contribution is -1.98. The van der Waals surface area contributed by atoms with Crippen molar-refractivity contribution in [1.29, 1.82) is 0 Å². The van der Waals surface area contributed by atoms with Crippen LogP contribution in [0.1, 0.15) is 11.1 Å². The number of azo groups is 2. The van der Waals surface area contributed by atoms with Gasteiger partial charge in [-0.3, -0.25) is 0 Å². The minimum atomic E-state index is -2.89. The summed E-state index contributed by atoms with van der Waals surface area (Å²) in [4.78, 5) is 0. The highest BCUT2D eigenvalue weighted by Gasteiger charge is 2.16. The molecule has 5 rings (SSSR count). The molecule has 0 aliphatic rings. The molecule has 0 saturated heterocycles. The molecule has 5 aromatic rings. The van der Waals surface area contributed by atoms with Gasteiger partial charge in [-0.15, -0.1) is 15.3 Å². The van der Waals surface area contributed by atoms with Crippen LogP contribution in [0.5, 0.6) is 11.5 Å². The molecule has 0 spiro atoms. The van der Waals surface area contributed by atoms with Crippen LogP contribution in [-0.2, 0) is 11.4 Å². The number of aromatic hydroxyl groups is 1. The SMILES string of the molecule is Cc1cc(C)cc(N=Nc2ccc(N=Nc3c(OS(=O)[O-])cc4ccc(N)cc4c3O)c3ccccc23)c1.N. The number of rotatable bonds is 6. The van der Waals surface area contributed by atoms with E-state index in [4.69, 9.17) is 9.92 Å². The van der Waals surface area contributed by atoms with E-state index in [2.05, 4.69) is 26.5 Å². The Morgan fingerprint density at radius 2 is 1.41 bits per heavy atom. The van der Waals surface area contributed by atoms with Gasteiger partial charge in [-0.2, -0.15) is 5.11 Å². The maximum atomic E-state index is 11.3. The highest BCUT2D eigenvalue weighted by Crippen LogP contribution is 2.45. The van der Waals surface area contributed by atoms with Gasteiger partial charge in [-0.05, 0) is 72.8 Å². The van der Waals surface area contributed by atoms with Crippen molar-refractivity contribution in [2.45, 2.75) is 13.8 Å². The van der Waals surface area contributed by atoms with Crippen molar-refractivity contribution < 1.29 is 18.1 Å². The van der Waals surface area contributed by atoms with Crippen molar-refractivity contribution in [1.82, 2.24) is 6.15 Å². The molecule has 0 saturated carbocycles. The summed E-state index contributed by atoms with van der Waals surface area (Å²) in [6.45, 7) is 4.02. The van der Waals surface area contributed by atoms with Crippen LogP contribution in [0.4, 0.5) is 28.4 Å². The van der Waals surface area contributed by atoms with Gasteiger partial charge in [0.05, 0.1) is 17.1 Å². The van der Waals surface area contributed by atoms with Gasteiger partial charge in [0.25, 0.3) is 0 Å². The number of hydrogen-bond acceptors (Lipinski definition) is 10. The fourth-order valence-corrected chi connectivity index (χ4v) is 4.53. The fourth-order valence-electron chi connectivity index (χ4n) is 4.26. The van der Waals surface area contributed by atoms with Gasteiger partial charge in [-0.25, -0.2) is 4.21 Å². The molecule has 1 atom stereocenters. The van der Waals surface area contributed by atoms with Gasteiger partial charge < -0.3 is 25.7 Å². The smallest absolute Gasteiger partial charge is 0.171 e. The Morgan fingerprint density at radius 1 is 0.795 bits per heavy atom. The Hall–Kier alpha value is -4.71. The monoisotopic (exact) mass is 541 g/mol. The molecule has 5 aromatic carbocycles. The van der Waals surface area contributed by atoms with E-state index in [1.54, 1.807) is 30.3 Å². The third kappa shape index (κ3) is 5.91. The number of anilines is 1. The molecule has 0 amide bonds. The molecular formula is C28H25N6O4S-. The van der Waals surface area contributed by atoms with Gasteiger partial charge in [0, 0.05) is 21.8 Å². The largest absolute Gasteiger partial charge is 0.740 e. The Kier molecular flexibility index (Phi) is 7.96. The van der Waals surface area contributed by atoms with Crippen molar-refractivity contribution in [3.8, 4) is 11.5 Å². The summed E-state index contributed by atoms with van der Waals surface area (Å²) < 4.78 is 27.5. The van der Waals surface area contributed by atoms with E-state index < -0.39 is 11.4 Å². The number of hydrogen-bond donors (Lipinski definition) is 3. The van der Waals surface area contributed by atoms with Crippen molar-refractivity contribution in [2.75, 3.05) is 5.73 Å². The van der Waals surface area contributed by atoms with E-state index in [0.29, 0.717) is 27.8 Å². The quantitative estimate of drug-likeness (QED) is 0.111. The lowest BCUT2D eigenvalue weighted by molar-refractivity contribution is 0.437. The number of phenols is 1. The molecule has 6 N–H and O–H groups in total. The third-order valence-corrected chi connectivity index (χ3v) is 6.17. The van der Waals surface area contributed by atoms with Gasteiger partial charge in [-0.1, -0.05) is 36.4 Å². The summed E-state index contributed by atoms with van der Waals surface area (Å²) in [7, 11) is 0. The summed E-state index contributed by atoms with van der Waals surface area (Å²) in [5, 5.41) is 30.7. The first-order chi connectivity index (χ1) is 18.3. The number of benzene rings is 5. The molecule has 0 aliphatic heterocycles. The maximum Gasteiger partial charge on any atom is 0.171 e. The van der Waals surface area contributed by atoms with Crippen LogP contribution in [-0.4, -0.2) is 13.9 Å². The minimum Gasteiger partial charge on any atom is -0.740 e. The number of aryl methyl sites for hydroxylation is 2. The molecule has 0 aliphatic carbocycles. The first kappa shape index (κ1) is 27.3. The average molecular weight is 542 g/mol. The fraction of sp³-hybridized carbons (Fsp3) is 0.0714. The lowest BCUT2D eigenvalue weighted by Gasteiger charge is -2.13. The zero-order valence-corrected chi connectivity index (χ0v) is 22.0. The highest BCUT2D eigenvalue weighted by atomic mass is 32.2. The number of fused-ring (bicyclic) bond motifs is 2. The Labute approximate surface area is 227 Å². The van der Waals surface area contributed by atoms with E-state index >= 15 is 0 Å². The second kappa shape index (κ2) is 11.4. The van der Waals surface area contributed by atoms with Gasteiger partial charge in [0.1, 0.15) is 11.4 Å². The molecule has 0 bridgehead atoms. The average Bonchev–Trinajstić information content (AvgIpc) is 2.87. The maximum absolute atomic E-state index is 11.3. The van der Waals surface area contributed by atoms with Crippen molar-refractivity contribution in [2.24, 2.45) is 20.5 Å². The molecule has 10 nitrogen and oxygen atoms in total. The Morgan fingerprint density at radius 3 is 2.03 bits per heavy atom. The van der Waals surface area contributed by atoms with E-state index in [-0.39, 0.29) is 23.3 Å². The standard InChI is InChI=1S/C28H23N5O4S.H3N/c1-16-11-17(2)13-20(12-16)30-31-24-9-10-25(22-6-4-3-5-21(22)24)32-33-27-26(37-38(35)36)14-18-7-8-19(29)15-23(18)28(27)34;/h3-15,34H,29H2,1-2H3,(H,35,36);1H3/p-1. The van der Waals surface area contributed by atoms with Crippen LogP contribution in [0, 0.1) is 13.8 Å². The predicted molar refractivity (Wildman–Crippen MR) is 153 cm³/mol. The van der Waals surface area contributed by atoms with Crippen LogP contribution < -0.4 is 16.1 Å². The summed E-state index contributed by atoms with van der Waals surface area (Å²) >= 11 is -2.89. The molecule has 0 aromatic heterocycles. The van der Waals surface area contributed by atoms with Crippen LogP contribution in [0.3, 0.4) is 0 Å². The first-order valence-electron chi connectivity index (χ1n) is 11.5. The number of nitrogen functional groups attached to an aromatic ring is 1. The van der Waals surface area contributed by atoms with Crippen LogP contribution in [0.2, 0.25) is 0 Å². The molecule has 11 heteroatoms. The molecule has 39 heavy (non-hydrogen) atoms. The highest BCUT2D eigenvalue weighted by molar-refractivity contribution is 7.74. The summed E-state index contributed by atoms with van der Waals surface area (Å²) in [6.07, 6.45) is 0. The zero-order chi connectivity index (χ0) is 26.8. The van der Waals surface area contributed by atoms with Gasteiger partial charge >= 0.3 is 0 Å². The van der Waals surface area contributed by atoms with Crippen LogP contribution in [0.25, 0.3) is 21.5 Å². The molecule has 1 unspecified atom stereocenters. The van der Waals surface area contributed by atoms with E-state index in [1.807, 2.05) is 50.2 Å². The third-order valence-electron chi connectivity index (χ3n) is 5.85. The first-order valence-corrected chi connectivity index (χ1v) is 12.5. The van der Waals surface area contributed by atoms with E-state index in [9.17, 15) is 13.9 Å². The van der Waals surface area contributed by atoms with Crippen molar-refractivity contribution in [3.05, 3.63) is 90.0 Å². The van der Waals surface area contributed by atoms with Crippen LogP contribution in [0.15, 0.2) is 99.3 Å². The molecule has 0 heterocycles. The predicted octanol–water partition coefficient (Wildman–Crippen LogP) is 8.06. The molecule has 0 fully saturated rings. The number of nitrogens with two attached hydrogens (primary N) is 1. The summed E-state index contributed by atoms with van der Waals surface area (Å²) in [6, 6.07) is 23.3. The minimum absolute atomic E-state index is 0. The van der Waals surface area contributed by atoms with E-state index in [0.717, 1.165) is 27.6 Å². The van der Waals surface area contributed by atoms with E-state index in [1.165, 1.54) is 6.07 Å². The molecule has 0 radical (unpaired) electrons. The number of phenolic OH excluding ortho intramolecular Hbond substituents is 1. The topological polar surface area (TPSA) is 180 Å². The summed E-state index contributed by atoms with van der Waals surface area (Å²) in [5.41, 5.74) is 10.2. The molecular weight excluding hydrogens is 516 g/mol. The lowest BCUT2D eigenvalue weighted by atomic mass is 10.1. The van der Waals surface area contributed by atoms with Gasteiger partial charge in [0.2, 0.25) is 0 Å². The van der Waals surface area contributed by atoms with Gasteiger partial charge in [0.15, 0.2) is 17.2 Å². The zero-order valence-electron chi connectivity index (χ0n) is 21.2. The molecule has 198 valence electrons. The second-order valence-corrected chi connectivity index (χ2v) is 9.31. The summed E-state index contributed by atoms with van der Waals surface area (Å²) in [5.74, 6) is -0.470. The van der Waals surface area contributed by atoms with Crippen molar-refractivity contribution >= 4 is 61.3 Å². The van der Waals surface area contributed by atoms with Crippen LogP contribution >= 0.6 is 0 Å². The normalized spacial score (nSPS) is 12.3. The Balaban J connectivity index is 0.00000353. The Bertz CT molecular complexity index is 1770. The number of nitrogens with zero attached hydrogens (tertiary/aromatic N) is 4.